The lowest BCUT2D eigenvalue weighted by Crippen LogP contribution is -2.16. The lowest BCUT2D eigenvalue weighted by molar-refractivity contribution is -0.142. The van der Waals surface area contributed by atoms with Gasteiger partial charge in [0, 0.05) is 5.39 Å². The Labute approximate surface area is 167 Å². The summed E-state index contributed by atoms with van der Waals surface area (Å²) in [6.07, 6.45) is 0.393. The third-order valence-electron chi connectivity index (χ3n) is 4.97. The Bertz CT molecular complexity index is 1320. The summed E-state index contributed by atoms with van der Waals surface area (Å²) in [5, 5.41) is 20.9. The van der Waals surface area contributed by atoms with Crippen LogP contribution < -0.4 is 0 Å². The van der Waals surface area contributed by atoms with Gasteiger partial charge in [-0.3, -0.25) is 4.79 Å². The van der Waals surface area contributed by atoms with Gasteiger partial charge in [-0.05, 0) is 59.2 Å². The lowest BCUT2D eigenvalue weighted by Gasteiger charge is -2.13. The first-order valence-electron chi connectivity index (χ1n) is 9.05. The molecule has 4 aromatic rings. The van der Waals surface area contributed by atoms with Crippen LogP contribution in [0.1, 0.15) is 28.4 Å². The number of carbonyl (C=O) groups is 1. The van der Waals surface area contributed by atoms with E-state index in [0.717, 1.165) is 21.7 Å². The van der Waals surface area contributed by atoms with E-state index in [0.29, 0.717) is 28.9 Å². The number of hydrogen-bond acceptors (Lipinski definition) is 5. The predicted molar refractivity (Wildman–Crippen MR) is 108 cm³/mol. The van der Waals surface area contributed by atoms with Crippen molar-refractivity contribution in [3.05, 3.63) is 83.1 Å². The topological polar surface area (TPSA) is 87.0 Å². The molecule has 0 fully saturated rings. The minimum atomic E-state index is -0.616. The molecule has 0 N–H and O–H groups in total. The molecule has 5 nitrogen and oxygen atoms in total. The number of fused-ring (bicyclic) bond motifs is 2. The van der Waals surface area contributed by atoms with E-state index < -0.39 is 11.9 Å². The highest BCUT2D eigenvalue weighted by Gasteiger charge is 2.26. The highest BCUT2D eigenvalue weighted by molar-refractivity contribution is 5.86. The van der Waals surface area contributed by atoms with Gasteiger partial charge in [0.15, 0.2) is 0 Å². The molecule has 0 aliphatic carbocycles. The fourth-order valence-corrected chi connectivity index (χ4v) is 3.48. The molecule has 3 aromatic carbocycles. The summed E-state index contributed by atoms with van der Waals surface area (Å²) in [4.78, 5) is 12.5. The van der Waals surface area contributed by atoms with E-state index in [-0.39, 0.29) is 0 Å². The van der Waals surface area contributed by atoms with Crippen LogP contribution in [0.5, 0.6) is 0 Å². The Hall–Kier alpha value is -4.09. The SMILES string of the molecule is COC(=O)C(Cc1ccc2ccc(C#N)cc2c1)c1cc2cc(C#N)ccc2o1. The van der Waals surface area contributed by atoms with Crippen molar-refractivity contribution in [1.29, 1.82) is 10.5 Å². The number of furan rings is 1. The second-order valence-electron chi connectivity index (χ2n) is 6.80. The maximum Gasteiger partial charge on any atom is 0.316 e. The molecule has 0 saturated heterocycles. The average molecular weight is 380 g/mol. The van der Waals surface area contributed by atoms with E-state index in [1.807, 2.05) is 30.3 Å². The molecule has 1 atom stereocenters. The molecule has 29 heavy (non-hydrogen) atoms. The number of nitriles is 2. The summed E-state index contributed by atoms with van der Waals surface area (Å²) in [6, 6.07) is 22.6. The Morgan fingerprint density at radius 2 is 1.62 bits per heavy atom. The number of esters is 1. The molecule has 4 rings (SSSR count). The van der Waals surface area contributed by atoms with Crippen LogP contribution in [-0.2, 0) is 16.0 Å². The molecule has 1 heterocycles. The van der Waals surface area contributed by atoms with Gasteiger partial charge in [-0.1, -0.05) is 24.3 Å². The van der Waals surface area contributed by atoms with Crippen molar-refractivity contribution in [1.82, 2.24) is 0 Å². The van der Waals surface area contributed by atoms with Crippen LogP contribution in [0, 0.1) is 22.7 Å². The molecule has 140 valence electrons. The zero-order valence-corrected chi connectivity index (χ0v) is 15.7. The third kappa shape index (κ3) is 3.54. The van der Waals surface area contributed by atoms with E-state index in [1.54, 1.807) is 30.3 Å². The van der Waals surface area contributed by atoms with Crippen LogP contribution in [0.15, 0.2) is 65.1 Å². The van der Waals surface area contributed by atoms with E-state index >= 15 is 0 Å². The van der Waals surface area contributed by atoms with Crippen LogP contribution in [-0.4, -0.2) is 13.1 Å². The fraction of sp³-hybridized carbons (Fsp3) is 0.125. The van der Waals surface area contributed by atoms with Crippen LogP contribution in [0.2, 0.25) is 0 Å². The zero-order valence-electron chi connectivity index (χ0n) is 15.7. The second-order valence-corrected chi connectivity index (χ2v) is 6.80. The first-order valence-corrected chi connectivity index (χ1v) is 9.05. The number of methoxy groups -OCH3 is 1. The van der Waals surface area contributed by atoms with Crippen molar-refractivity contribution in [2.24, 2.45) is 0 Å². The normalized spacial score (nSPS) is 11.7. The summed E-state index contributed by atoms with van der Waals surface area (Å²) < 4.78 is 10.9. The molecule has 0 radical (unpaired) electrons. The zero-order chi connectivity index (χ0) is 20.4. The van der Waals surface area contributed by atoms with Gasteiger partial charge in [0.1, 0.15) is 17.3 Å². The van der Waals surface area contributed by atoms with Gasteiger partial charge in [0.05, 0.1) is 30.4 Å². The van der Waals surface area contributed by atoms with Crippen molar-refractivity contribution in [3.63, 3.8) is 0 Å². The number of hydrogen-bond donors (Lipinski definition) is 0. The highest BCUT2D eigenvalue weighted by atomic mass is 16.5. The smallest absolute Gasteiger partial charge is 0.316 e. The largest absolute Gasteiger partial charge is 0.468 e. The van der Waals surface area contributed by atoms with Crippen molar-refractivity contribution in [2.45, 2.75) is 12.3 Å². The monoisotopic (exact) mass is 380 g/mol. The summed E-state index contributed by atoms with van der Waals surface area (Å²) in [5.74, 6) is -0.516. The van der Waals surface area contributed by atoms with E-state index in [2.05, 4.69) is 12.1 Å². The first kappa shape index (κ1) is 18.3. The molecule has 0 amide bonds. The van der Waals surface area contributed by atoms with Gasteiger partial charge >= 0.3 is 5.97 Å². The summed E-state index contributed by atoms with van der Waals surface area (Å²) in [7, 11) is 1.35. The lowest BCUT2D eigenvalue weighted by atomic mass is 9.94. The summed E-state index contributed by atoms with van der Waals surface area (Å²) in [5.41, 5.74) is 2.67. The minimum absolute atomic E-state index is 0.393. The number of rotatable bonds is 4. The molecule has 0 saturated carbocycles. The Kier molecular flexibility index (Phi) is 4.73. The molecule has 5 heteroatoms. The van der Waals surface area contributed by atoms with Gasteiger partial charge in [0.2, 0.25) is 0 Å². The van der Waals surface area contributed by atoms with E-state index in [9.17, 15) is 4.79 Å². The predicted octanol–water partition coefficient (Wildman–Crippen LogP) is 4.83. The molecule has 0 aliphatic heterocycles. The molecular formula is C24H16N2O3. The fourth-order valence-electron chi connectivity index (χ4n) is 3.48. The van der Waals surface area contributed by atoms with Crippen molar-refractivity contribution < 1.29 is 13.9 Å². The molecule has 1 unspecified atom stereocenters. The molecule has 0 aliphatic rings. The second kappa shape index (κ2) is 7.50. The maximum absolute atomic E-state index is 12.5. The van der Waals surface area contributed by atoms with Gasteiger partial charge in [-0.15, -0.1) is 0 Å². The molecule has 0 spiro atoms. The van der Waals surface area contributed by atoms with Crippen molar-refractivity contribution in [2.75, 3.05) is 7.11 Å². The van der Waals surface area contributed by atoms with Gasteiger partial charge in [-0.2, -0.15) is 10.5 Å². The van der Waals surface area contributed by atoms with Crippen LogP contribution in [0.25, 0.3) is 21.7 Å². The van der Waals surface area contributed by atoms with Crippen LogP contribution >= 0.6 is 0 Å². The average Bonchev–Trinajstić information content (AvgIpc) is 3.19. The van der Waals surface area contributed by atoms with Gasteiger partial charge in [-0.25, -0.2) is 0 Å². The number of nitrogens with zero attached hydrogens (tertiary/aromatic N) is 2. The van der Waals surface area contributed by atoms with Crippen LogP contribution in [0.3, 0.4) is 0 Å². The van der Waals surface area contributed by atoms with E-state index in [1.165, 1.54) is 7.11 Å². The van der Waals surface area contributed by atoms with Gasteiger partial charge in [0.25, 0.3) is 0 Å². The highest BCUT2D eigenvalue weighted by Crippen LogP contribution is 2.30. The van der Waals surface area contributed by atoms with Gasteiger partial charge < -0.3 is 9.15 Å². The summed E-state index contributed by atoms with van der Waals surface area (Å²) >= 11 is 0. The Morgan fingerprint density at radius 3 is 2.34 bits per heavy atom. The molecule has 1 aromatic heterocycles. The van der Waals surface area contributed by atoms with Crippen LogP contribution in [0.4, 0.5) is 0 Å². The van der Waals surface area contributed by atoms with Crippen molar-refractivity contribution >= 4 is 27.7 Å². The Balaban J connectivity index is 1.73. The molecule has 0 bridgehead atoms. The quantitative estimate of drug-likeness (QED) is 0.473. The number of ether oxygens (including phenoxy) is 1. The van der Waals surface area contributed by atoms with Crippen molar-refractivity contribution in [3.8, 4) is 12.1 Å². The third-order valence-corrected chi connectivity index (χ3v) is 4.97. The maximum atomic E-state index is 12.5. The first-order chi connectivity index (χ1) is 14.1. The van der Waals surface area contributed by atoms with E-state index in [4.69, 9.17) is 19.7 Å². The standard InChI is InChI=1S/C24H16N2O3/c1-28-24(27)21(23-12-20-10-17(14-26)4-7-22(20)29-23)11-15-2-5-18-6-3-16(13-25)9-19(18)8-15/h2-10,12,21H,11H2,1H3. The number of carbonyl (C=O) groups excluding carboxylic acids is 1. The Morgan fingerprint density at radius 1 is 0.931 bits per heavy atom. The minimum Gasteiger partial charge on any atom is -0.468 e. The summed E-state index contributed by atoms with van der Waals surface area (Å²) in [6.45, 7) is 0. The molecular weight excluding hydrogens is 364 g/mol. The number of benzene rings is 3.